The number of hydrogen-bond donors (Lipinski definition) is 1. The van der Waals surface area contributed by atoms with Crippen molar-refractivity contribution >= 4 is 11.6 Å². The third-order valence-electron chi connectivity index (χ3n) is 6.01. The highest BCUT2D eigenvalue weighted by Crippen LogP contribution is 2.48. The number of benzene rings is 2. The normalized spacial score (nSPS) is 21.7. The molecule has 0 saturated carbocycles. The Labute approximate surface area is 160 Å². The first-order valence-electron chi connectivity index (χ1n) is 9.46. The summed E-state index contributed by atoms with van der Waals surface area (Å²) in [7, 11) is 1.76. The fourth-order valence-electron chi connectivity index (χ4n) is 4.92. The standard InChI is InChI=1S/C22H26ClNO2/c1-4-9-24-12-17-15(7-5-13(2)22(17)26-3)21-16-11-20(25)18(23)10-14(16)6-8-19(21)24/h5,7,10-11,19,21,25H,4,6,8-9,12H2,1-3H3/t19-,21-/m0/s1. The number of methoxy groups -OCH3 is 1. The molecule has 1 N–H and O–H groups in total. The maximum atomic E-state index is 10.3. The Balaban J connectivity index is 1.93. The Bertz CT molecular complexity index is 849. The molecule has 138 valence electrons. The zero-order valence-corrected chi connectivity index (χ0v) is 16.4. The van der Waals surface area contributed by atoms with Gasteiger partial charge in [0.05, 0.1) is 12.1 Å². The highest BCUT2D eigenvalue weighted by Gasteiger charge is 2.40. The molecule has 4 heteroatoms. The van der Waals surface area contributed by atoms with Crippen LogP contribution in [0.2, 0.25) is 5.02 Å². The van der Waals surface area contributed by atoms with Crippen LogP contribution in [-0.4, -0.2) is 29.7 Å². The summed E-state index contributed by atoms with van der Waals surface area (Å²) >= 11 is 6.19. The zero-order chi connectivity index (χ0) is 18.4. The molecule has 3 nitrogen and oxygen atoms in total. The maximum Gasteiger partial charge on any atom is 0.134 e. The highest BCUT2D eigenvalue weighted by molar-refractivity contribution is 6.32. The van der Waals surface area contributed by atoms with Crippen LogP contribution in [0.5, 0.6) is 11.5 Å². The average Bonchev–Trinajstić information content (AvgIpc) is 2.62. The van der Waals surface area contributed by atoms with Crippen LogP contribution in [0.15, 0.2) is 24.3 Å². The van der Waals surface area contributed by atoms with Crippen molar-refractivity contribution < 1.29 is 9.84 Å². The number of nitrogens with zero attached hydrogens (tertiary/aromatic N) is 1. The first-order valence-corrected chi connectivity index (χ1v) is 9.84. The fraction of sp³-hybridized carbons (Fsp3) is 0.455. The molecule has 0 fully saturated rings. The summed E-state index contributed by atoms with van der Waals surface area (Å²) in [6.07, 6.45) is 3.26. The second-order valence-corrected chi connectivity index (χ2v) is 7.95. The fourth-order valence-corrected chi connectivity index (χ4v) is 5.11. The van der Waals surface area contributed by atoms with E-state index in [1.165, 1.54) is 27.8 Å². The van der Waals surface area contributed by atoms with Gasteiger partial charge in [-0.3, -0.25) is 4.90 Å². The SMILES string of the molecule is CCCN1Cc2c(ccc(C)c2OC)[C@H]2c3cc(O)c(Cl)cc3CC[C@@H]21. The molecule has 1 heterocycles. The lowest BCUT2D eigenvalue weighted by Crippen LogP contribution is -2.46. The third kappa shape index (κ3) is 2.69. The molecular formula is C22H26ClNO2. The second-order valence-electron chi connectivity index (χ2n) is 7.54. The van der Waals surface area contributed by atoms with Gasteiger partial charge in [0.2, 0.25) is 0 Å². The number of ether oxygens (including phenoxy) is 1. The Morgan fingerprint density at radius 1 is 1.27 bits per heavy atom. The molecule has 2 aliphatic rings. The molecule has 2 aromatic rings. The molecule has 0 spiro atoms. The van der Waals surface area contributed by atoms with Crippen molar-refractivity contribution in [1.29, 1.82) is 0 Å². The van der Waals surface area contributed by atoms with Gasteiger partial charge in [-0.25, -0.2) is 0 Å². The predicted octanol–water partition coefficient (Wildman–Crippen LogP) is 5.03. The second kappa shape index (κ2) is 6.79. The summed E-state index contributed by atoms with van der Waals surface area (Å²) in [5.74, 6) is 1.44. The Morgan fingerprint density at radius 3 is 2.81 bits per heavy atom. The molecule has 1 aliphatic heterocycles. The number of hydrogen-bond acceptors (Lipinski definition) is 3. The average molecular weight is 372 g/mol. The predicted molar refractivity (Wildman–Crippen MR) is 106 cm³/mol. The monoisotopic (exact) mass is 371 g/mol. The molecular weight excluding hydrogens is 346 g/mol. The van der Waals surface area contributed by atoms with Crippen LogP contribution in [0.3, 0.4) is 0 Å². The van der Waals surface area contributed by atoms with Gasteiger partial charge < -0.3 is 9.84 Å². The number of fused-ring (bicyclic) bond motifs is 5. The minimum Gasteiger partial charge on any atom is -0.506 e. The molecule has 0 unspecified atom stereocenters. The van der Waals surface area contributed by atoms with E-state index in [2.05, 4.69) is 30.9 Å². The first-order chi connectivity index (χ1) is 12.5. The van der Waals surface area contributed by atoms with E-state index in [4.69, 9.17) is 16.3 Å². The van der Waals surface area contributed by atoms with Gasteiger partial charge in [0.25, 0.3) is 0 Å². The van der Waals surface area contributed by atoms with Crippen molar-refractivity contribution in [2.45, 2.75) is 51.6 Å². The summed E-state index contributed by atoms with van der Waals surface area (Å²) in [6, 6.07) is 8.72. The van der Waals surface area contributed by atoms with E-state index >= 15 is 0 Å². The Hall–Kier alpha value is -1.71. The van der Waals surface area contributed by atoms with Crippen molar-refractivity contribution in [3.05, 3.63) is 57.1 Å². The van der Waals surface area contributed by atoms with Gasteiger partial charge in [-0.1, -0.05) is 30.7 Å². The van der Waals surface area contributed by atoms with Crippen molar-refractivity contribution in [3.63, 3.8) is 0 Å². The number of rotatable bonds is 3. The summed E-state index contributed by atoms with van der Waals surface area (Å²) in [4.78, 5) is 2.60. The van der Waals surface area contributed by atoms with E-state index in [1.807, 2.05) is 12.1 Å². The van der Waals surface area contributed by atoms with Crippen molar-refractivity contribution in [1.82, 2.24) is 4.90 Å². The molecule has 0 amide bonds. The van der Waals surface area contributed by atoms with Crippen LogP contribution in [-0.2, 0) is 13.0 Å². The van der Waals surface area contributed by atoms with Gasteiger partial charge >= 0.3 is 0 Å². The summed E-state index contributed by atoms with van der Waals surface area (Å²) < 4.78 is 5.78. The van der Waals surface area contributed by atoms with Gasteiger partial charge in [-0.15, -0.1) is 0 Å². The van der Waals surface area contributed by atoms with E-state index < -0.39 is 0 Å². The third-order valence-corrected chi connectivity index (χ3v) is 6.31. The first kappa shape index (κ1) is 17.7. The molecule has 26 heavy (non-hydrogen) atoms. The lowest BCUT2D eigenvalue weighted by Gasteiger charge is -2.46. The lowest BCUT2D eigenvalue weighted by atomic mass is 9.71. The largest absolute Gasteiger partial charge is 0.506 e. The van der Waals surface area contributed by atoms with Crippen LogP contribution in [0.25, 0.3) is 0 Å². The molecule has 0 aromatic heterocycles. The van der Waals surface area contributed by atoms with Crippen LogP contribution in [0.4, 0.5) is 0 Å². The zero-order valence-electron chi connectivity index (χ0n) is 15.7. The number of aryl methyl sites for hydroxylation is 2. The molecule has 2 aromatic carbocycles. The highest BCUT2D eigenvalue weighted by atomic mass is 35.5. The van der Waals surface area contributed by atoms with Gasteiger partial charge in [-0.2, -0.15) is 0 Å². The van der Waals surface area contributed by atoms with Crippen LogP contribution in [0.1, 0.15) is 53.5 Å². The van der Waals surface area contributed by atoms with E-state index in [1.54, 1.807) is 7.11 Å². The molecule has 0 radical (unpaired) electrons. The molecule has 0 saturated heterocycles. The lowest BCUT2D eigenvalue weighted by molar-refractivity contribution is 0.139. The molecule has 4 rings (SSSR count). The summed E-state index contributed by atoms with van der Waals surface area (Å²) in [5.41, 5.74) is 6.29. The van der Waals surface area contributed by atoms with Crippen LogP contribution in [0, 0.1) is 6.92 Å². The van der Waals surface area contributed by atoms with Gasteiger partial charge in [0.1, 0.15) is 11.5 Å². The molecule has 0 bridgehead atoms. The quantitative estimate of drug-likeness (QED) is 0.820. The van der Waals surface area contributed by atoms with Crippen LogP contribution >= 0.6 is 11.6 Å². The Kier molecular flexibility index (Phi) is 4.62. The number of phenols is 1. The van der Waals surface area contributed by atoms with Crippen molar-refractivity contribution in [3.8, 4) is 11.5 Å². The van der Waals surface area contributed by atoms with Gasteiger partial charge in [0.15, 0.2) is 0 Å². The maximum absolute atomic E-state index is 10.3. The molecule has 1 aliphatic carbocycles. The van der Waals surface area contributed by atoms with E-state index in [0.717, 1.165) is 38.1 Å². The Morgan fingerprint density at radius 2 is 2.08 bits per heavy atom. The van der Waals surface area contributed by atoms with E-state index in [9.17, 15) is 5.11 Å². The van der Waals surface area contributed by atoms with Gasteiger partial charge in [0, 0.05) is 24.1 Å². The number of phenolic OH excluding ortho intramolecular Hbond substituents is 1. The smallest absolute Gasteiger partial charge is 0.134 e. The van der Waals surface area contributed by atoms with Crippen molar-refractivity contribution in [2.24, 2.45) is 0 Å². The summed E-state index contributed by atoms with van der Waals surface area (Å²) in [6.45, 7) is 6.35. The topological polar surface area (TPSA) is 32.7 Å². The molecule has 2 atom stereocenters. The summed E-state index contributed by atoms with van der Waals surface area (Å²) in [5, 5.41) is 10.7. The van der Waals surface area contributed by atoms with E-state index in [-0.39, 0.29) is 11.7 Å². The number of aromatic hydroxyl groups is 1. The van der Waals surface area contributed by atoms with E-state index in [0.29, 0.717) is 11.1 Å². The van der Waals surface area contributed by atoms with Crippen molar-refractivity contribution in [2.75, 3.05) is 13.7 Å². The van der Waals surface area contributed by atoms with Gasteiger partial charge in [-0.05, 0) is 67.1 Å². The minimum absolute atomic E-state index is 0.180. The minimum atomic E-state index is 0.180. The number of halogens is 1. The van der Waals surface area contributed by atoms with Crippen LogP contribution < -0.4 is 4.74 Å².